The number of allylic oxidation sites excluding steroid dienone is 1. The first kappa shape index (κ1) is 10.7. The van der Waals surface area contributed by atoms with E-state index in [1.807, 2.05) is 0 Å². The molecule has 76 valence electrons. The molecule has 0 radical (unpaired) electrons. The summed E-state index contributed by atoms with van der Waals surface area (Å²) >= 11 is 0. The summed E-state index contributed by atoms with van der Waals surface area (Å²) in [6, 6.07) is 0.789. The lowest BCUT2D eigenvalue weighted by Crippen LogP contribution is -2.41. The summed E-state index contributed by atoms with van der Waals surface area (Å²) < 4.78 is 0. The minimum Gasteiger partial charge on any atom is -0.317 e. The molecule has 0 spiro atoms. The van der Waals surface area contributed by atoms with Crippen LogP contribution in [0.15, 0.2) is 11.6 Å². The van der Waals surface area contributed by atoms with Gasteiger partial charge in [-0.2, -0.15) is 0 Å². The lowest BCUT2D eigenvalue weighted by Gasteiger charge is -2.30. The Hall–Kier alpha value is -0.340. The fourth-order valence-corrected chi connectivity index (χ4v) is 1.72. The van der Waals surface area contributed by atoms with E-state index in [2.05, 4.69) is 37.2 Å². The first-order chi connectivity index (χ1) is 6.20. The maximum Gasteiger partial charge on any atom is 0.0165 e. The van der Waals surface area contributed by atoms with Crippen LogP contribution in [0, 0.1) is 0 Å². The number of likely N-dealkylation sites (N-methyl/N-ethyl adjacent to an activating group) is 1. The van der Waals surface area contributed by atoms with Gasteiger partial charge in [0.25, 0.3) is 0 Å². The predicted octanol–water partition coefficient (Wildman–Crippen LogP) is 1.64. The molecule has 1 aliphatic heterocycles. The van der Waals surface area contributed by atoms with E-state index in [1.165, 1.54) is 31.5 Å². The molecule has 2 heteroatoms. The van der Waals surface area contributed by atoms with Crippen molar-refractivity contribution in [2.75, 3.05) is 26.7 Å². The van der Waals surface area contributed by atoms with Gasteiger partial charge in [-0.15, -0.1) is 0 Å². The van der Waals surface area contributed by atoms with Gasteiger partial charge < -0.3 is 5.32 Å². The molecule has 0 aliphatic carbocycles. The van der Waals surface area contributed by atoms with Crippen LogP contribution in [0.5, 0.6) is 0 Å². The van der Waals surface area contributed by atoms with Crippen molar-refractivity contribution in [2.24, 2.45) is 0 Å². The molecule has 1 fully saturated rings. The van der Waals surface area contributed by atoms with Crippen molar-refractivity contribution in [3.05, 3.63) is 11.6 Å². The Balaban J connectivity index is 2.28. The Morgan fingerprint density at radius 1 is 1.38 bits per heavy atom. The van der Waals surface area contributed by atoms with E-state index in [1.54, 1.807) is 0 Å². The second-order valence-corrected chi connectivity index (χ2v) is 4.20. The lowest BCUT2D eigenvalue weighted by atomic mass is 10.1. The van der Waals surface area contributed by atoms with E-state index in [0.717, 1.165) is 12.6 Å². The van der Waals surface area contributed by atoms with Crippen LogP contribution in [0.25, 0.3) is 0 Å². The van der Waals surface area contributed by atoms with E-state index < -0.39 is 0 Å². The van der Waals surface area contributed by atoms with Gasteiger partial charge >= 0.3 is 0 Å². The molecule has 1 rings (SSSR count). The molecule has 0 bridgehead atoms. The monoisotopic (exact) mass is 182 g/mol. The summed E-state index contributed by atoms with van der Waals surface area (Å²) in [5.41, 5.74) is 1.42. The van der Waals surface area contributed by atoms with Crippen molar-refractivity contribution in [1.82, 2.24) is 10.2 Å². The van der Waals surface area contributed by atoms with Crippen LogP contribution in [0.4, 0.5) is 0 Å². The molecule has 0 unspecified atom stereocenters. The summed E-state index contributed by atoms with van der Waals surface area (Å²) in [5.74, 6) is 0. The molecule has 0 saturated carbocycles. The number of rotatable bonds is 3. The average Bonchev–Trinajstić information content (AvgIpc) is 2.15. The molecule has 0 aromatic heterocycles. The lowest BCUT2D eigenvalue weighted by molar-refractivity contribution is 0.217. The van der Waals surface area contributed by atoms with Crippen molar-refractivity contribution in [3.8, 4) is 0 Å². The molecule has 0 aromatic carbocycles. The highest BCUT2D eigenvalue weighted by Gasteiger charge is 2.16. The van der Waals surface area contributed by atoms with Gasteiger partial charge in [0.1, 0.15) is 0 Å². The second kappa shape index (κ2) is 5.40. The van der Waals surface area contributed by atoms with Gasteiger partial charge in [-0.1, -0.05) is 11.6 Å². The number of nitrogens with one attached hydrogen (secondary N) is 1. The fraction of sp³-hybridized carbons (Fsp3) is 0.818. The Labute approximate surface area is 82.0 Å². The molecule has 1 saturated heterocycles. The molecule has 13 heavy (non-hydrogen) atoms. The molecule has 1 N–H and O–H groups in total. The van der Waals surface area contributed by atoms with E-state index in [4.69, 9.17) is 0 Å². The van der Waals surface area contributed by atoms with Crippen molar-refractivity contribution in [2.45, 2.75) is 32.7 Å². The van der Waals surface area contributed by atoms with Crippen LogP contribution in [-0.4, -0.2) is 37.6 Å². The average molecular weight is 182 g/mol. The number of hydrogen-bond donors (Lipinski definition) is 1. The van der Waals surface area contributed by atoms with Gasteiger partial charge in [0.15, 0.2) is 0 Å². The highest BCUT2D eigenvalue weighted by atomic mass is 15.1. The number of hydrogen-bond acceptors (Lipinski definition) is 2. The summed E-state index contributed by atoms with van der Waals surface area (Å²) in [7, 11) is 2.23. The third-order valence-corrected chi connectivity index (χ3v) is 2.72. The van der Waals surface area contributed by atoms with Crippen molar-refractivity contribution in [1.29, 1.82) is 0 Å². The Bertz CT molecular complexity index is 165. The minimum absolute atomic E-state index is 0.789. The maximum atomic E-state index is 3.39. The third kappa shape index (κ3) is 3.92. The van der Waals surface area contributed by atoms with Crippen LogP contribution in [-0.2, 0) is 0 Å². The van der Waals surface area contributed by atoms with E-state index >= 15 is 0 Å². The van der Waals surface area contributed by atoms with Crippen LogP contribution in [0.2, 0.25) is 0 Å². The molecule has 1 heterocycles. The highest BCUT2D eigenvalue weighted by molar-refractivity contribution is 4.95. The van der Waals surface area contributed by atoms with Gasteiger partial charge in [0.2, 0.25) is 0 Å². The topological polar surface area (TPSA) is 15.3 Å². The first-order valence-electron chi connectivity index (χ1n) is 5.24. The van der Waals surface area contributed by atoms with Gasteiger partial charge in [0.05, 0.1) is 0 Å². The van der Waals surface area contributed by atoms with Gasteiger partial charge in [-0.25, -0.2) is 0 Å². The summed E-state index contributed by atoms with van der Waals surface area (Å²) in [5, 5.41) is 3.39. The Morgan fingerprint density at radius 3 is 2.54 bits per heavy atom. The van der Waals surface area contributed by atoms with E-state index in [0.29, 0.717) is 0 Å². The van der Waals surface area contributed by atoms with Crippen molar-refractivity contribution < 1.29 is 0 Å². The molecule has 2 nitrogen and oxygen atoms in total. The quantitative estimate of drug-likeness (QED) is 0.667. The second-order valence-electron chi connectivity index (χ2n) is 4.20. The molecule has 0 atom stereocenters. The largest absolute Gasteiger partial charge is 0.317 e. The normalized spacial score (nSPS) is 19.1. The molecule has 0 amide bonds. The predicted molar refractivity (Wildman–Crippen MR) is 58.0 cm³/mol. The standard InChI is InChI=1S/C11H22N2/c1-10(2)6-9-13(3)11-4-7-12-8-5-11/h6,11-12H,4-5,7-9H2,1-3H3. The number of nitrogens with zero attached hydrogens (tertiary/aromatic N) is 1. The van der Waals surface area contributed by atoms with Crippen LogP contribution in [0.1, 0.15) is 26.7 Å². The smallest absolute Gasteiger partial charge is 0.0165 e. The molecule has 1 aliphatic rings. The summed E-state index contributed by atoms with van der Waals surface area (Å²) in [4.78, 5) is 2.47. The van der Waals surface area contributed by atoms with Crippen molar-refractivity contribution in [3.63, 3.8) is 0 Å². The van der Waals surface area contributed by atoms with Gasteiger partial charge in [-0.05, 0) is 46.8 Å². The third-order valence-electron chi connectivity index (χ3n) is 2.72. The Morgan fingerprint density at radius 2 is 2.00 bits per heavy atom. The van der Waals surface area contributed by atoms with Crippen LogP contribution >= 0.6 is 0 Å². The zero-order valence-electron chi connectivity index (χ0n) is 9.14. The molecular formula is C11H22N2. The summed E-state index contributed by atoms with van der Waals surface area (Å²) in [6.07, 6.45) is 4.90. The summed E-state index contributed by atoms with van der Waals surface area (Å²) in [6.45, 7) is 7.80. The minimum atomic E-state index is 0.789. The van der Waals surface area contributed by atoms with Crippen LogP contribution in [0.3, 0.4) is 0 Å². The SMILES string of the molecule is CC(C)=CCN(C)C1CCNCC1. The first-order valence-corrected chi connectivity index (χ1v) is 5.24. The van der Waals surface area contributed by atoms with Crippen LogP contribution < -0.4 is 5.32 Å². The zero-order valence-corrected chi connectivity index (χ0v) is 9.14. The highest BCUT2D eigenvalue weighted by Crippen LogP contribution is 2.09. The molecular weight excluding hydrogens is 160 g/mol. The number of piperidine rings is 1. The van der Waals surface area contributed by atoms with Gasteiger partial charge in [-0.3, -0.25) is 4.90 Å². The fourth-order valence-electron chi connectivity index (χ4n) is 1.72. The van der Waals surface area contributed by atoms with E-state index in [9.17, 15) is 0 Å². The molecule has 0 aromatic rings. The van der Waals surface area contributed by atoms with E-state index in [-0.39, 0.29) is 0 Å². The van der Waals surface area contributed by atoms with Crippen molar-refractivity contribution >= 4 is 0 Å². The van der Waals surface area contributed by atoms with Gasteiger partial charge in [0, 0.05) is 12.6 Å². The maximum absolute atomic E-state index is 3.39. The zero-order chi connectivity index (χ0) is 9.68. The Kier molecular flexibility index (Phi) is 4.46.